The molecule has 3 nitrogen and oxygen atoms in total. The number of amides is 1. The average molecular weight is 240 g/mol. The van der Waals surface area contributed by atoms with Gasteiger partial charge in [0.15, 0.2) is 0 Å². The van der Waals surface area contributed by atoms with Crippen LogP contribution < -0.4 is 5.73 Å². The molecular weight excluding hydrogens is 220 g/mol. The van der Waals surface area contributed by atoms with Gasteiger partial charge in [0.05, 0.1) is 6.04 Å². The summed E-state index contributed by atoms with van der Waals surface area (Å²) in [6, 6.07) is 4.22. The molecule has 0 aliphatic rings. The maximum atomic E-state index is 11.9. The van der Waals surface area contributed by atoms with Gasteiger partial charge in [-0.05, 0) is 30.8 Å². The summed E-state index contributed by atoms with van der Waals surface area (Å²) in [4.78, 5) is 14.9. The van der Waals surface area contributed by atoms with Crippen LogP contribution in [-0.4, -0.2) is 24.4 Å². The Hall–Kier alpha value is -0.870. The predicted octanol–water partition coefficient (Wildman–Crippen LogP) is 2.25. The highest BCUT2D eigenvalue weighted by Crippen LogP contribution is 2.24. The van der Waals surface area contributed by atoms with Crippen molar-refractivity contribution in [3.05, 3.63) is 22.4 Å². The smallest absolute Gasteiger partial charge is 0.223 e. The number of nitrogens with zero attached hydrogens (tertiary/aromatic N) is 1. The first kappa shape index (κ1) is 13.2. The van der Waals surface area contributed by atoms with Crippen molar-refractivity contribution in [2.75, 3.05) is 13.6 Å². The second-order valence-electron chi connectivity index (χ2n) is 4.24. The SMILES string of the molecule is CC(CN)CC(=O)N(C)C(C)c1cccs1. The Labute approximate surface area is 101 Å². The predicted molar refractivity (Wildman–Crippen MR) is 68.3 cm³/mol. The van der Waals surface area contributed by atoms with Gasteiger partial charge in [-0.25, -0.2) is 0 Å². The molecule has 0 radical (unpaired) electrons. The molecule has 1 aromatic heterocycles. The summed E-state index contributed by atoms with van der Waals surface area (Å²) < 4.78 is 0. The van der Waals surface area contributed by atoms with Crippen LogP contribution in [0.15, 0.2) is 17.5 Å². The Bertz CT molecular complexity index is 324. The van der Waals surface area contributed by atoms with E-state index in [1.54, 1.807) is 16.2 Å². The minimum absolute atomic E-state index is 0.150. The molecule has 0 spiro atoms. The molecule has 0 fully saturated rings. The summed E-state index contributed by atoms with van der Waals surface area (Å²) in [6.07, 6.45) is 0.530. The van der Waals surface area contributed by atoms with Crippen molar-refractivity contribution in [3.63, 3.8) is 0 Å². The van der Waals surface area contributed by atoms with E-state index in [9.17, 15) is 4.79 Å². The van der Waals surface area contributed by atoms with Crippen LogP contribution in [0.25, 0.3) is 0 Å². The average Bonchev–Trinajstić information content (AvgIpc) is 2.80. The van der Waals surface area contributed by atoms with Crippen LogP contribution in [0.1, 0.15) is 31.2 Å². The van der Waals surface area contributed by atoms with Crippen molar-refractivity contribution >= 4 is 17.2 Å². The van der Waals surface area contributed by atoms with Crippen LogP contribution in [0, 0.1) is 5.92 Å². The van der Waals surface area contributed by atoms with Gasteiger partial charge >= 0.3 is 0 Å². The minimum Gasteiger partial charge on any atom is -0.338 e. The van der Waals surface area contributed by atoms with Crippen LogP contribution in [-0.2, 0) is 4.79 Å². The third-order valence-corrected chi connectivity index (χ3v) is 3.90. The summed E-state index contributed by atoms with van der Waals surface area (Å²) in [5.41, 5.74) is 5.52. The van der Waals surface area contributed by atoms with Crippen LogP contribution in [0.5, 0.6) is 0 Å². The van der Waals surface area contributed by atoms with Crippen molar-refractivity contribution in [2.45, 2.75) is 26.3 Å². The fraction of sp³-hybridized carbons (Fsp3) is 0.583. The highest BCUT2D eigenvalue weighted by Gasteiger charge is 2.19. The second-order valence-corrected chi connectivity index (χ2v) is 5.22. The fourth-order valence-electron chi connectivity index (χ4n) is 1.46. The topological polar surface area (TPSA) is 46.3 Å². The Morgan fingerprint density at radius 1 is 1.56 bits per heavy atom. The first-order chi connectivity index (χ1) is 7.56. The largest absolute Gasteiger partial charge is 0.338 e. The number of nitrogens with two attached hydrogens (primary N) is 1. The summed E-state index contributed by atoms with van der Waals surface area (Å²) in [6.45, 7) is 4.62. The van der Waals surface area contributed by atoms with Gasteiger partial charge < -0.3 is 10.6 Å². The first-order valence-electron chi connectivity index (χ1n) is 5.55. The van der Waals surface area contributed by atoms with Gasteiger partial charge in [-0.1, -0.05) is 13.0 Å². The zero-order valence-electron chi connectivity index (χ0n) is 10.1. The lowest BCUT2D eigenvalue weighted by molar-refractivity contribution is -0.132. The molecule has 2 unspecified atom stereocenters. The number of carbonyl (C=O) groups excluding carboxylic acids is 1. The number of carbonyl (C=O) groups is 1. The van der Waals surface area contributed by atoms with Gasteiger partial charge in [-0.2, -0.15) is 0 Å². The van der Waals surface area contributed by atoms with Crippen molar-refractivity contribution in [1.82, 2.24) is 4.90 Å². The number of hydrogen-bond acceptors (Lipinski definition) is 3. The summed E-state index contributed by atoms with van der Waals surface area (Å²) in [5.74, 6) is 0.421. The number of thiophene rings is 1. The third kappa shape index (κ3) is 3.32. The van der Waals surface area contributed by atoms with E-state index in [0.717, 1.165) is 0 Å². The highest BCUT2D eigenvalue weighted by molar-refractivity contribution is 7.10. The second kappa shape index (κ2) is 6.01. The monoisotopic (exact) mass is 240 g/mol. The fourth-order valence-corrected chi connectivity index (χ4v) is 2.29. The van der Waals surface area contributed by atoms with Crippen molar-refractivity contribution in [3.8, 4) is 0 Å². The molecule has 2 atom stereocenters. The molecule has 0 bridgehead atoms. The van der Waals surface area contributed by atoms with E-state index in [4.69, 9.17) is 5.73 Å². The lowest BCUT2D eigenvalue weighted by Crippen LogP contribution is -2.31. The first-order valence-corrected chi connectivity index (χ1v) is 6.43. The molecule has 90 valence electrons. The summed E-state index contributed by atoms with van der Waals surface area (Å²) in [5, 5.41) is 2.03. The van der Waals surface area contributed by atoms with Crippen molar-refractivity contribution in [1.29, 1.82) is 0 Å². The van der Waals surface area contributed by atoms with E-state index in [-0.39, 0.29) is 17.9 Å². The van der Waals surface area contributed by atoms with Crippen molar-refractivity contribution < 1.29 is 4.79 Å². The molecule has 0 aliphatic carbocycles. The van der Waals surface area contributed by atoms with Crippen molar-refractivity contribution in [2.24, 2.45) is 11.7 Å². The lowest BCUT2D eigenvalue weighted by Gasteiger charge is -2.25. The maximum absolute atomic E-state index is 11.9. The van der Waals surface area contributed by atoms with Gasteiger partial charge in [-0.15, -0.1) is 11.3 Å². The molecule has 16 heavy (non-hydrogen) atoms. The van der Waals surface area contributed by atoms with Gasteiger partial charge in [0.2, 0.25) is 5.91 Å². The molecule has 0 aromatic carbocycles. The molecule has 0 saturated heterocycles. The highest BCUT2D eigenvalue weighted by atomic mass is 32.1. The molecule has 1 aromatic rings. The molecule has 1 amide bonds. The molecule has 2 N–H and O–H groups in total. The van der Waals surface area contributed by atoms with Crippen LogP contribution in [0.3, 0.4) is 0 Å². The molecule has 0 aliphatic heterocycles. The maximum Gasteiger partial charge on any atom is 0.223 e. The van der Waals surface area contributed by atoms with E-state index >= 15 is 0 Å². The van der Waals surface area contributed by atoms with Gasteiger partial charge in [0, 0.05) is 18.3 Å². The standard InChI is InChI=1S/C12H20N2OS/c1-9(8-13)7-12(15)14(3)10(2)11-5-4-6-16-11/h4-6,9-10H,7-8,13H2,1-3H3. The zero-order valence-corrected chi connectivity index (χ0v) is 11.0. The number of rotatable bonds is 5. The molecule has 1 heterocycles. The van der Waals surface area contributed by atoms with E-state index in [0.29, 0.717) is 13.0 Å². The molecule has 0 saturated carbocycles. The Kier molecular flexibility index (Phi) is 4.96. The molecule has 4 heteroatoms. The van der Waals surface area contributed by atoms with Crippen LogP contribution >= 0.6 is 11.3 Å². The van der Waals surface area contributed by atoms with E-state index in [2.05, 4.69) is 13.0 Å². The van der Waals surface area contributed by atoms with Gasteiger partial charge in [0.25, 0.3) is 0 Å². The Morgan fingerprint density at radius 3 is 2.75 bits per heavy atom. The van der Waals surface area contributed by atoms with E-state index < -0.39 is 0 Å². The van der Waals surface area contributed by atoms with E-state index in [1.807, 2.05) is 25.4 Å². The normalized spacial score (nSPS) is 14.5. The summed E-state index contributed by atoms with van der Waals surface area (Å²) >= 11 is 1.68. The lowest BCUT2D eigenvalue weighted by atomic mass is 10.1. The van der Waals surface area contributed by atoms with E-state index in [1.165, 1.54) is 4.88 Å². The molecule has 1 rings (SSSR count). The third-order valence-electron chi connectivity index (χ3n) is 2.85. The number of hydrogen-bond donors (Lipinski definition) is 1. The minimum atomic E-state index is 0.150. The van der Waals surface area contributed by atoms with Gasteiger partial charge in [-0.3, -0.25) is 4.79 Å². The van der Waals surface area contributed by atoms with Gasteiger partial charge in [0.1, 0.15) is 0 Å². The Morgan fingerprint density at radius 2 is 2.25 bits per heavy atom. The van der Waals surface area contributed by atoms with Crippen LogP contribution in [0.2, 0.25) is 0 Å². The summed E-state index contributed by atoms with van der Waals surface area (Å²) in [7, 11) is 1.86. The molecular formula is C12H20N2OS. The Balaban J connectivity index is 2.57. The zero-order chi connectivity index (χ0) is 12.1. The quantitative estimate of drug-likeness (QED) is 0.858. The van der Waals surface area contributed by atoms with Crippen LogP contribution in [0.4, 0.5) is 0 Å².